The lowest BCUT2D eigenvalue weighted by atomic mass is 9.98. The Hall–Kier alpha value is -3.52. The summed E-state index contributed by atoms with van der Waals surface area (Å²) in [5, 5.41) is 2.98. The summed E-state index contributed by atoms with van der Waals surface area (Å²) in [6.07, 6.45) is 3.12. The number of hydrogen-bond acceptors (Lipinski definition) is 4. The van der Waals surface area contributed by atoms with Gasteiger partial charge in [0.15, 0.2) is 5.96 Å². The van der Waals surface area contributed by atoms with E-state index in [-0.39, 0.29) is 29.5 Å². The van der Waals surface area contributed by atoms with Gasteiger partial charge in [-0.25, -0.2) is 0 Å². The maximum absolute atomic E-state index is 12.9. The Labute approximate surface area is 210 Å². The van der Waals surface area contributed by atoms with E-state index in [4.69, 9.17) is 11.5 Å². The van der Waals surface area contributed by atoms with Gasteiger partial charge in [0.2, 0.25) is 0 Å². The molecule has 4 rings (SSSR count). The quantitative estimate of drug-likeness (QED) is 0.184. The van der Waals surface area contributed by atoms with E-state index in [9.17, 15) is 9.59 Å². The van der Waals surface area contributed by atoms with Gasteiger partial charge < -0.3 is 21.4 Å². The van der Waals surface area contributed by atoms with Crippen LogP contribution >= 0.6 is 11.8 Å². The van der Waals surface area contributed by atoms with Gasteiger partial charge in [-0.05, 0) is 37.0 Å². The number of carbonyl (C=O) groups is 1. The number of benzene rings is 2. The lowest BCUT2D eigenvalue weighted by Gasteiger charge is -2.22. The molecule has 2 aromatic carbocycles. The summed E-state index contributed by atoms with van der Waals surface area (Å²) in [5.41, 5.74) is 12.8. The number of nitrogens with zero attached hydrogens (tertiary/aromatic N) is 2. The second-order valence-electron chi connectivity index (χ2n) is 8.32. The number of thioether (sulfide) groups is 1. The average molecular weight is 492 g/mol. The molecule has 0 bridgehead atoms. The van der Waals surface area contributed by atoms with Crippen LogP contribution in [-0.4, -0.2) is 40.5 Å². The minimum Gasteiger partial charge on any atom is -0.370 e. The minimum atomic E-state index is -0.338. The molecule has 1 fully saturated rings. The van der Waals surface area contributed by atoms with E-state index in [0.717, 1.165) is 24.0 Å². The van der Waals surface area contributed by atoms with Crippen molar-refractivity contribution in [2.24, 2.45) is 16.5 Å². The van der Waals surface area contributed by atoms with Crippen LogP contribution in [0.3, 0.4) is 0 Å². The van der Waals surface area contributed by atoms with Gasteiger partial charge in [0.05, 0.1) is 11.6 Å². The molecule has 8 heteroatoms. The van der Waals surface area contributed by atoms with Gasteiger partial charge >= 0.3 is 0 Å². The number of aromatic nitrogens is 1. The highest BCUT2D eigenvalue weighted by Gasteiger charge is 2.19. The fourth-order valence-corrected chi connectivity index (χ4v) is 3.61. The number of aliphatic imine (C=N–C) groups is 1. The fraction of sp³-hybridized carbons (Fsp3) is 0.296. The van der Waals surface area contributed by atoms with E-state index in [0.29, 0.717) is 12.1 Å². The third-order valence-corrected chi connectivity index (χ3v) is 5.79. The van der Waals surface area contributed by atoms with Crippen molar-refractivity contribution in [1.82, 2.24) is 9.88 Å². The van der Waals surface area contributed by atoms with Gasteiger partial charge in [0.25, 0.3) is 11.5 Å². The van der Waals surface area contributed by atoms with E-state index in [1.165, 1.54) is 17.6 Å². The summed E-state index contributed by atoms with van der Waals surface area (Å²) < 4.78 is 1.61. The molecule has 3 aromatic rings. The molecule has 1 atom stereocenters. The number of amides is 1. The minimum absolute atomic E-state index is 0.0591. The second-order valence-corrected chi connectivity index (χ2v) is 9.55. The van der Waals surface area contributed by atoms with Gasteiger partial charge in [-0.3, -0.25) is 14.6 Å². The van der Waals surface area contributed by atoms with E-state index < -0.39 is 0 Å². The van der Waals surface area contributed by atoms with Crippen molar-refractivity contribution in [2.75, 3.05) is 18.1 Å². The van der Waals surface area contributed by atoms with Crippen molar-refractivity contribution in [1.29, 1.82) is 0 Å². The van der Waals surface area contributed by atoms with Crippen LogP contribution < -0.4 is 22.3 Å². The Kier molecular flexibility index (Phi) is 9.98. The first-order valence-electron chi connectivity index (χ1n) is 11.7. The zero-order valence-corrected chi connectivity index (χ0v) is 20.8. The third-order valence-electron chi connectivity index (χ3n) is 5.38. The summed E-state index contributed by atoms with van der Waals surface area (Å²) in [7, 11) is 0. The summed E-state index contributed by atoms with van der Waals surface area (Å²) in [6, 6.07) is 22.2. The number of nitrogens with one attached hydrogen (secondary N) is 1. The first-order chi connectivity index (χ1) is 17.0. The highest BCUT2D eigenvalue weighted by molar-refractivity contribution is 8.06. The molecule has 184 valence electrons. The number of pyridine rings is 1. The molecule has 0 spiro atoms. The summed E-state index contributed by atoms with van der Waals surface area (Å²) in [6.45, 7) is 2.45. The average Bonchev–Trinajstić information content (AvgIpc) is 3.74. The molecule has 0 saturated carbocycles. The fourth-order valence-electron chi connectivity index (χ4n) is 3.61. The first-order valence-corrected chi connectivity index (χ1v) is 12.9. The maximum atomic E-state index is 12.9. The third kappa shape index (κ3) is 8.64. The second kappa shape index (κ2) is 13.4. The number of rotatable bonds is 9. The Morgan fingerprint density at radius 1 is 1.00 bits per heavy atom. The zero-order chi connectivity index (χ0) is 25.0. The van der Waals surface area contributed by atoms with E-state index in [2.05, 4.69) is 10.3 Å². The van der Waals surface area contributed by atoms with Crippen LogP contribution in [0.15, 0.2) is 88.8 Å². The molecule has 1 unspecified atom stereocenters. The van der Waals surface area contributed by atoms with Gasteiger partial charge in [-0.1, -0.05) is 60.7 Å². The van der Waals surface area contributed by atoms with E-state index in [1.807, 2.05) is 79.3 Å². The van der Waals surface area contributed by atoms with Crippen molar-refractivity contribution in [3.8, 4) is 0 Å². The number of nitrogens with two attached hydrogens (primary N) is 2. The molecule has 7 nitrogen and oxygen atoms in total. The molecular formula is C27H33N5O2S. The monoisotopic (exact) mass is 491 g/mol. The SMILES string of the molecule is C1CS1.CC(CCCN=C(N)N)NC(=O)c1ccc(=O)n(C(c2ccccc2)c2ccccc2)c1. The zero-order valence-electron chi connectivity index (χ0n) is 20.0. The molecular weight excluding hydrogens is 458 g/mol. The van der Waals surface area contributed by atoms with Crippen molar-refractivity contribution in [2.45, 2.75) is 31.8 Å². The number of carbonyl (C=O) groups excluding carboxylic acids is 1. The first kappa shape index (κ1) is 26.1. The van der Waals surface area contributed by atoms with Gasteiger partial charge in [-0.15, -0.1) is 0 Å². The number of hydrogen-bond donors (Lipinski definition) is 3. The maximum Gasteiger partial charge on any atom is 0.252 e. The summed E-state index contributed by atoms with van der Waals surface area (Å²) in [5.74, 6) is 2.67. The highest BCUT2D eigenvalue weighted by Crippen LogP contribution is 2.25. The Bertz CT molecular complexity index is 1120. The van der Waals surface area contributed by atoms with Crippen molar-refractivity contribution >= 4 is 23.6 Å². The standard InChI is InChI=1S/C25H29N5O2.C2H4S/c1-18(9-8-16-28-25(26)27)29-24(32)21-14-15-22(31)30(17-21)23(19-10-4-2-5-11-19)20-12-6-3-7-13-20;1-2-3-1/h2-7,10-15,17-18,23H,8-9,16H2,1H3,(H,29,32)(H4,26,27,28);1-2H2. The molecule has 1 amide bonds. The largest absolute Gasteiger partial charge is 0.370 e. The van der Waals surface area contributed by atoms with Crippen LogP contribution in [0, 0.1) is 0 Å². The summed E-state index contributed by atoms with van der Waals surface area (Å²) in [4.78, 5) is 29.6. The molecule has 1 aromatic heterocycles. The molecule has 5 N–H and O–H groups in total. The molecule has 2 heterocycles. The predicted octanol–water partition coefficient (Wildman–Crippen LogP) is 3.39. The van der Waals surface area contributed by atoms with Crippen LogP contribution in [0.1, 0.15) is 47.3 Å². The van der Waals surface area contributed by atoms with Crippen molar-refractivity contribution in [3.05, 3.63) is 106 Å². The molecule has 1 saturated heterocycles. The van der Waals surface area contributed by atoms with Crippen LogP contribution in [0.25, 0.3) is 0 Å². The lowest BCUT2D eigenvalue weighted by molar-refractivity contribution is 0.0937. The summed E-state index contributed by atoms with van der Waals surface area (Å²) >= 11 is 2.00. The van der Waals surface area contributed by atoms with Gasteiger partial charge in [-0.2, -0.15) is 11.8 Å². The van der Waals surface area contributed by atoms with Crippen LogP contribution in [0.4, 0.5) is 0 Å². The molecule has 0 aliphatic carbocycles. The smallest absolute Gasteiger partial charge is 0.252 e. The van der Waals surface area contributed by atoms with Gasteiger partial charge in [0, 0.05) is 36.4 Å². The predicted molar refractivity (Wildman–Crippen MR) is 145 cm³/mol. The van der Waals surface area contributed by atoms with Crippen LogP contribution in [-0.2, 0) is 0 Å². The van der Waals surface area contributed by atoms with Crippen molar-refractivity contribution in [3.63, 3.8) is 0 Å². The Morgan fingerprint density at radius 3 is 2.09 bits per heavy atom. The van der Waals surface area contributed by atoms with Gasteiger partial charge in [0.1, 0.15) is 0 Å². The molecule has 35 heavy (non-hydrogen) atoms. The topological polar surface area (TPSA) is 116 Å². The molecule has 1 aliphatic heterocycles. The normalized spacial score (nSPS) is 12.7. The highest BCUT2D eigenvalue weighted by atomic mass is 32.2. The van der Waals surface area contributed by atoms with Crippen LogP contribution in [0.2, 0.25) is 0 Å². The Morgan fingerprint density at radius 2 is 1.57 bits per heavy atom. The molecule has 0 radical (unpaired) electrons. The Balaban J connectivity index is 0.00000106. The van der Waals surface area contributed by atoms with Crippen molar-refractivity contribution < 1.29 is 4.79 Å². The number of guanidine groups is 1. The van der Waals surface area contributed by atoms with Crippen LogP contribution in [0.5, 0.6) is 0 Å². The van der Waals surface area contributed by atoms with E-state index in [1.54, 1.807) is 16.8 Å². The molecule has 1 aliphatic rings. The lowest BCUT2D eigenvalue weighted by Crippen LogP contribution is -2.34. The van der Waals surface area contributed by atoms with E-state index >= 15 is 0 Å².